The molecule has 0 radical (unpaired) electrons. The quantitative estimate of drug-likeness (QED) is 0.678. The van der Waals surface area contributed by atoms with Gasteiger partial charge < -0.3 is 5.32 Å². The molecule has 0 spiro atoms. The van der Waals surface area contributed by atoms with Gasteiger partial charge in [0.15, 0.2) is 0 Å². The summed E-state index contributed by atoms with van der Waals surface area (Å²) in [4.78, 5) is 13.1. The molecule has 80 valence electrons. The molecule has 1 amide bonds. The van der Waals surface area contributed by atoms with Crippen molar-refractivity contribution in [3.63, 3.8) is 0 Å². The number of amides is 1. The fourth-order valence-electron chi connectivity index (χ4n) is 1.14. The molecule has 0 fully saturated rings. The third-order valence-corrected chi connectivity index (χ3v) is 1.79. The van der Waals surface area contributed by atoms with Crippen LogP contribution in [-0.4, -0.2) is 37.5 Å². The van der Waals surface area contributed by atoms with Gasteiger partial charge in [0.25, 0.3) is 0 Å². The molecule has 4 heteroatoms. The molecule has 0 saturated carbocycles. The van der Waals surface area contributed by atoms with Gasteiger partial charge in [-0.15, -0.1) is 0 Å². The predicted octanol–water partition coefficient (Wildman–Crippen LogP) is 0.604. The van der Waals surface area contributed by atoms with E-state index in [1.807, 2.05) is 25.8 Å². The molecule has 1 unspecified atom stereocenters. The van der Waals surface area contributed by atoms with E-state index >= 15 is 0 Å². The van der Waals surface area contributed by atoms with Crippen molar-refractivity contribution in [2.45, 2.75) is 20.3 Å². The Morgan fingerprint density at radius 1 is 1.64 bits per heavy atom. The van der Waals surface area contributed by atoms with Crippen LogP contribution in [0.4, 0.5) is 0 Å². The van der Waals surface area contributed by atoms with Crippen LogP contribution in [0, 0.1) is 17.2 Å². The Morgan fingerprint density at radius 3 is 2.79 bits per heavy atom. The average Bonchev–Trinajstić information content (AvgIpc) is 2.14. The first-order chi connectivity index (χ1) is 6.60. The molecule has 0 aromatic carbocycles. The fraction of sp³-hybridized carbons (Fsp3) is 0.800. The first-order valence-electron chi connectivity index (χ1n) is 4.95. The number of carbonyl (C=O) groups is 1. The fourth-order valence-corrected chi connectivity index (χ4v) is 1.14. The highest BCUT2D eigenvalue weighted by Crippen LogP contribution is 1.94. The molecule has 0 aliphatic heterocycles. The van der Waals surface area contributed by atoms with Gasteiger partial charge in [0, 0.05) is 13.1 Å². The lowest BCUT2D eigenvalue weighted by Gasteiger charge is -2.16. The van der Waals surface area contributed by atoms with Crippen LogP contribution in [0.1, 0.15) is 20.3 Å². The number of nitrogens with zero attached hydrogens (tertiary/aromatic N) is 2. The van der Waals surface area contributed by atoms with Crippen molar-refractivity contribution in [1.29, 1.82) is 5.26 Å². The Labute approximate surface area is 85.9 Å². The summed E-state index contributed by atoms with van der Waals surface area (Å²) in [5.41, 5.74) is 0. The second kappa shape index (κ2) is 7.34. The van der Waals surface area contributed by atoms with Crippen molar-refractivity contribution in [1.82, 2.24) is 10.2 Å². The minimum absolute atomic E-state index is 0.0273. The largest absolute Gasteiger partial charge is 0.355 e. The van der Waals surface area contributed by atoms with E-state index in [4.69, 9.17) is 5.26 Å². The van der Waals surface area contributed by atoms with Crippen LogP contribution in [0.25, 0.3) is 0 Å². The Bertz CT molecular complexity index is 210. The lowest BCUT2D eigenvalue weighted by atomic mass is 10.2. The zero-order valence-corrected chi connectivity index (χ0v) is 9.21. The zero-order valence-electron chi connectivity index (χ0n) is 9.21. The zero-order chi connectivity index (χ0) is 11.0. The third-order valence-electron chi connectivity index (χ3n) is 1.79. The van der Waals surface area contributed by atoms with Gasteiger partial charge in [0.05, 0.1) is 18.5 Å². The first kappa shape index (κ1) is 12.9. The Kier molecular flexibility index (Phi) is 6.77. The maximum Gasteiger partial charge on any atom is 0.234 e. The second-order valence-corrected chi connectivity index (χ2v) is 3.58. The van der Waals surface area contributed by atoms with Crippen LogP contribution in [0.3, 0.4) is 0 Å². The molecule has 0 saturated heterocycles. The maximum atomic E-state index is 11.2. The Hall–Kier alpha value is -1.08. The van der Waals surface area contributed by atoms with E-state index in [9.17, 15) is 4.79 Å². The number of hydrogen-bond donors (Lipinski definition) is 1. The van der Waals surface area contributed by atoms with E-state index in [-0.39, 0.29) is 11.8 Å². The van der Waals surface area contributed by atoms with E-state index in [2.05, 4.69) is 11.4 Å². The lowest BCUT2D eigenvalue weighted by Crippen LogP contribution is -2.37. The number of rotatable bonds is 6. The first-order valence-corrected chi connectivity index (χ1v) is 4.95. The van der Waals surface area contributed by atoms with Crippen molar-refractivity contribution in [3.8, 4) is 6.07 Å². The molecule has 0 aromatic rings. The summed E-state index contributed by atoms with van der Waals surface area (Å²) >= 11 is 0. The van der Waals surface area contributed by atoms with Crippen LogP contribution in [0.5, 0.6) is 0 Å². The van der Waals surface area contributed by atoms with Gasteiger partial charge in [-0.2, -0.15) is 5.26 Å². The van der Waals surface area contributed by atoms with Crippen molar-refractivity contribution in [3.05, 3.63) is 0 Å². The molecule has 0 aliphatic rings. The number of nitrogens with one attached hydrogen (secondary N) is 1. The summed E-state index contributed by atoms with van der Waals surface area (Å²) in [6.45, 7) is 5.59. The highest BCUT2D eigenvalue weighted by atomic mass is 16.1. The van der Waals surface area contributed by atoms with Crippen molar-refractivity contribution in [2.24, 2.45) is 5.92 Å². The van der Waals surface area contributed by atoms with E-state index in [1.54, 1.807) is 0 Å². The van der Waals surface area contributed by atoms with Crippen LogP contribution < -0.4 is 5.32 Å². The minimum atomic E-state index is -0.0287. The monoisotopic (exact) mass is 197 g/mol. The van der Waals surface area contributed by atoms with Gasteiger partial charge >= 0.3 is 0 Å². The number of likely N-dealkylation sites (N-methyl/N-ethyl adjacent to an activating group) is 1. The molecule has 0 aromatic heterocycles. The van der Waals surface area contributed by atoms with Crippen LogP contribution in [0.15, 0.2) is 0 Å². The summed E-state index contributed by atoms with van der Waals surface area (Å²) in [6, 6.07) is 2.14. The molecular formula is C10H19N3O. The summed E-state index contributed by atoms with van der Waals surface area (Å²) < 4.78 is 0. The van der Waals surface area contributed by atoms with Gasteiger partial charge in [0.1, 0.15) is 0 Å². The molecule has 4 nitrogen and oxygen atoms in total. The molecule has 0 heterocycles. The van der Waals surface area contributed by atoms with Crippen LogP contribution in [-0.2, 0) is 4.79 Å². The molecule has 14 heavy (non-hydrogen) atoms. The van der Waals surface area contributed by atoms with E-state index in [0.29, 0.717) is 13.1 Å². The van der Waals surface area contributed by atoms with Gasteiger partial charge in [-0.25, -0.2) is 0 Å². The number of nitriles is 1. The van der Waals surface area contributed by atoms with E-state index < -0.39 is 0 Å². The normalized spacial score (nSPS) is 12.2. The standard InChI is InChI=1S/C10H19N3O/c1-4-5-12-10(14)8-13(3)7-9(2)6-11/h9H,4-5,7-8H2,1-3H3,(H,12,14). The maximum absolute atomic E-state index is 11.2. The third kappa shape index (κ3) is 6.44. The molecular weight excluding hydrogens is 178 g/mol. The van der Waals surface area contributed by atoms with E-state index in [0.717, 1.165) is 13.0 Å². The molecule has 0 aliphatic carbocycles. The van der Waals surface area contributed by atoms with Crippen LogP contribution >= 0.6 is 0 Å². The molecule has 0 bridgehead atoms. The summed E-state index contributed by atoms with van der Waals surface area (Å²) in [5, 5.41) is 11.4. The predicted molar refractivity (Wildman–Crippen MR) is 55.6 cm³/mol. The molecule has 0 rings (SSSR count). The van der Waals surface area contributed by atoms with Gasteiger partial charge in [-0.05, 0) is 20.4 Å². The van der Waals surface area contributed by atoms with Crippen molar-refractivity contribution >= 4 is 5.91 Å². The molecule has 1 N–H and O–H groups in total. The van der Waals surface area contributed by atoms with Crippen LogP contribution in [0.2, 0.25) is 0 Å². The average molecular weight is 197 g/mol. The van der Waals surface area contributed by atoms with Gasteiger partial charge in [-0.3, -0.25) is 9.69 Å². The van der Waals surface area contributed by atoms with Crippen molar-refractivity contribution < 1.29 is 4.79 Å². The SMILES string of the molecule is CCCNC(=O)CN(C)CC(C)C#N. The summed E-state index contributed by atoms with van der Waals surface area (Å²) in [7, 11) is 1.85. The van der Waals surface area contributed by atoms with Gasteiger partial charge in [0.2, 0.25) is 5.91 Å². The number of hydrogen-bond acceptors (Lipinski definition) is 3. The Balaban J connectivity index is 3.66. The summed E-state index contributed by atoms with van der Waals surface area (Å²) in [6.07, 6.45) is 0.948. The molecule has 1 atom stereocenters. The van der Waals surface area contributed by atoms with Crippen molar-refractivity contribution in [2.75, 3.05) is 26.7 Å². The number of carbonyl (C=O) groups excluding carboxylic acids is 1. The highest BCUT2D eigenvalue weighted by Gasteiger charge is 2.08. The van der Waals surface area contributed by atoms with E-state index in [1.165, 1.54) is 0 Å². The van der Waals surface area contributed by atoms with Gasteiger partial charge in [-0.1, -0.05) is 6.92 Å². The highest BCUT2D eigenvalue weighted by molar-refractivity contribution is 5.77. The summed E-state index contributed by atoms with van der Waals surface area (Å²) in [5.74, 6) is -0.00142. The lowest BCUT2D eigenvalue weighted by molar-refractivity contribution is -0.122. The second-order valence-electron chi connectivity index (χ2n) is 3.58. The smallest absolute Gasteiger partial charge is 0.234 e. The Morgan fingerprint density at radius 2 is 2.29 bits per heavy atom. The topological polar surface area (TPSA) is 56.1 Å². The minimum Gasteiger partial charge on any atom is -0.355 e.